The molecule has 1 amide bonds. The van der Waals surface area contributed by atoms with E-state index in [0.29, 0.717) is 35.3 Å². The van der Waals surface area contributed by atoms with Crippen LogP contribution in [0.15, 0.2) is 30.5 Å². The number of rotatable bonds is 8. The van der Waals surface area contributed by atoms with Gasteiger partial charge >= 0.3 is 0 Å². The van der Waals surface area contributed by atoms with E-state index >= 15 is 0 Å². The van der Waals surface area contributed by atoms with Crippen LogP contribution >= 0.6 is 0 Å². The molecule has 1 saturated heterocycles. The van der Waals surface area contributed by atoms with Gasteiger partial charge in [-0.05, 0) is 60.9 Å². The van der Waals surface area contributed by atoms with Crippen molar-refractivity contribution in [1.29, 1.82) is 0 Å². The molecule has 0 unspecified atom stereocenters. The van der Waals surface area contributed by atoms with Gasteiger partial charge in [0, 0.05) is 25.2 Å². The van der Waals surface area contributed by atoms with E-state index in [1.807, 2.05) is 25.1 Å². The summed E-state index contributed by atoms with van der Waals surface area (Å²) >= 11 is 0. The molecule has 1 aromatic carbocycles. The summed E-state index contributed by atoms with van der Waals surface area (Å²) in [7, 11) is 0. The molecule has 1 aliphatic carbocycles. The first-order valence-electron chi connectivity index (χ1n) is 13.2. The molecule has 1 aliphatic heterocycles. The van der Waals surface area contributed by atoms with E-state index in [1.54, 1.807) is 0 Å². The van der Waals surface area contributed by atoms with Crippen molar-refractivity contribution in [2.45, 2.75) is 58.3 Å². The molecule has 2 N–H and O–H groups in total. The number of pyridine rings is 1. The normalized spacial score (nSPS) is 17.0. The number of amides is 1. The minimum atomic E-state index is -0.485. The Balaban J connectivity index is 1.27. The number of hydrogen-bond acceptors (Lipinski definition) is 6. The Hall–Kier alpha value is -3.33. The van der Waals surface area contributed by atoms with Crippen molar-refractivity contribution >= 4 is 11.7 Å². The van der Waals surface area contributed by atoms with Gasteiger partial charge in [-0.25, -0.2) is 14.4 Å². The molecule has 3 heterocycles. The van der Waals surface area contributed by atoms with E-state index in [2.05, 4.69) is 25.5 Å². The largest absolute Gasteiger partial charge is 0.493 e. The van der Waals surface area contributed by atoms with Gasteiger partial charge in [0.1, 0.15) is 23.2 Å². The second kappa shape index (κ2) is 11.8. The number of ether oxygens (including phenoxy) is 2. The number of benzene rings is 1. The quantitative estimate of drug-likeness (QED) is 0.418. The molecular formula is C28H34FN5O3. The maximum Gasteiger partial charge on any atom is 0.296 e. The summed E-state index contributed by atoms with van der Waals surface area (Å²) in [6.07, 6.45) is 10.0. The van der Waals surface area contributed by atoms with Crippen LogP contribution in [0.2, 0.25) is 0 Å². The summed E-state index contributed by atoms with van der Waals surface area (Å²) in [5.41, 5.74) is 1.92. The minimum absolute atomic E-state index is 0.0539. The fraction of sp³-hybridized carbons (Fsp3) is 0.500. The van der Waals surface area contributed by atoms with Crippen molar-refractivity contribution in [2.75, 3.05) is 25.1 Å². The second-order valence-corrected chi connectivity index (χ2v) is 10.2. The number of aryl methyl sites for hydroxylation is 1. The molecule has 37 heavy (non-hydrogen) atoms. The number of anilines is 1. The lowest BCUT2D eigenvalue weighted by Gasteiger charge is -2.22. The smallest absolute Gasteiger partial charge is 0.296 e. The SMILES string of the molecule is Cc1ccc(OCC2CCOCC2)cc1-c1cc(NC(=O)c2n[nH]c(CC3CCCCC3)n2)ncc1F. The summed E-state index contributed by atoms with van der Waals surface area (Å²) in [5.74, 6) is 1.76. The molecule has 0 spiro atoms. The van der Waals surface area contributed by atoms with Gasteiger partial charge in [0.2, 0.25) is 5.82 Å². The summed E-state index contributed by atoms with van der Waals surface area (Å²) in [5, 5.41) is 9.69. The summed E-state index contributed by atoms with van der Waals surface area (Å²) in [4.78, 5) is 21.2. The van der Waals surface area contributed by atoms with Crippen LogP contribution in [0.25, 0.3) is 11.1 Å². The van der Waals surface area contributed by atoms with Gasteiger partial charge in [-0.2, -0.15) is 0 Å². The second-order valence-electron chi connectivity index (χ2n) is 10.2. The standard InChI is InChI=1S/C28H34FN5O3/c1-18-7-8-21(37-17-20-9-11-36-12-10-20)14-22(18)23-15-25(30-16-24(23)29)32-28(35)27-31-26(33-34-27)13-19-5-3-2-4-6-19/h7-8,14-16,19-20H,2-6,9-13,17H2,1H3,(H,30,32,35)(H,31,33,34). The summed E-state index contributed by atoms with van der Waals surface area (Å²) in [6, 6.07) is 7.18. The summed E-state index contributed by atoms with van der Waals surface area (Å²) in [6.45, 7) is 4.04. The van der Waals surface area contributed by atoms with E-state index in [9.17, 15) is 9.18 Å². The van der Waals surface area contributed by atoms with Gasteiger partial charge in [0.05, 0.1) is 12.8 Å². The van der Waals surface area contributed by atoms with Crippen LogP contribution in [-0.2, 0) is 11.2 Å². The first kappa shape index (κ1) is 25.3. The lowest BCUT2D eigenvalue weighted by atomic mass is 9.87. The van der Waals surface area contributed by atoms with E-state index < -0.39 is 11.7 Å². The Morgan fingerprint density at radius 2 is 1.92 bits per heavy atom. The highest BCUT2D eigenvalue weighted by Gasteiger charge is 2.20. The number of hydrogen-bond donors (Lipinski definition) is 2. The van der Waals surface area contributed by atoms with Crippen LogP contribution in [0.3, 0.4) is 0 Å². The van der Waals surface area contributed by atoms with E-state index in [-0.39, 0.29) is 11.6 Å². The lowest BCUT2D eigenvalue weighted by molar-refractivity contribution is 0.0497. The van der Waals surface area contributed by atoms with Crippen LogP contribution in [0, 0.1) is 24.6 Å². The Morgan fingerprint density at radius 1 is 1.11 bits per heavy atom. The first-order valence-corrected chi connectivity index (χ1v) is 13.2. The molecule has 3 aromatic rings. The zero-order valence-corrected chi connectivity index (χ0v) is 21.3. The van der Waals surface area contributed by atoms with Crippen molar-refractivity contribution in [3.05, 3.63) is 53.5 Å². The van der Waals surface area contributed by atoms with Crippen LogP contribution in [0.4, 0.5) is 10.2 Å². The number of carbonyl (C=O) groups is 1. The van der Waals surface area contributed by atoms with Crippen LogP contribution in [0.5, 0.6) is 5.75 Å². The first-order chi connectivity index (χ1) is 18.0. The van der Waals surface area contributed by atoms with Crippen LogP contribution in [-0.4, -0.2) is 45.9 Å². The van der Waals surface area contributed by atoms with Crippen LogP contribution in [0.1, 0.15) is 67.0 Å². The molecule has 196 valence electrons. The topological polar surface area (TPSA) is 102 Å². The molecule has 0 atom stereocenters. The molecule has 2 aliphatic rings. The highest BCUT2D eigenvalue weighted by atomic mass is 19.1. The number of aromatic nitrogens is 4. The van der Waals surface area contributed by atoms with Gasteiger partial charge in [0.25, 0.3) is 5.91 Å². The third-order valence-corrected chi connectivity index (χ3v) is 7.36. The molecule has 0 radical (unpaired) electrons. The Labute approximate surface area is 216 Å². The lowest BCUT2D eigenvalue weighted by Crippen LogP contribution is -2.21. The van der Waals surface area contributed by atoms with Crippen LogP contribution < -0.4 is 10.1 Å². The fourth-order valence-corrected chi connectivity index (χ4v) is 5.15. The molecule has 9 heteroatoms. The molecular weight excluding hydrogens is 473 g/mol. The van der Waals surface area contributed by atoms with E-state index in [4.69, 9.17) is 9.47 Å². The molecule has 5 rings (SSSR count). The van der Waals surface area contributed by atoms with Crippen molar-refractivity contribution in [3.8, 4) is 16.9 Å². The zero-order chi connectivity index (χ0) is 25.6. The average Bonchev–Trinajstić information content (AvgIpc) is 3.39. The highest BCUT2D eigenvalue weighted by Crippen LogP contribution is 2.31. The number of carbonyl (C=O) groups excluding carboxylic acids is 1. The fourth-order valence-electron chi connectivity index (χ4n) is 5.15. The number of aromatic amines is 1. The number of nitrogens with one attached hydrogen (secondary N) is 2. The highest BCUT2D eigenvalue weighted by molar-refractivity contribution is 6.01. The number of halogens is 1. The minimum Gasteiger partial charge on any atom is -0.493 e. The molecule has 2 aromatic heterocycles. The van der Waals surface area contributed by atoms with E-state index in [1.165, 1.54) is 38.2 Å². The van der Waals surface area contributed by atoms with Crippen molar-refractivity contribution < 1.29 is 18.7 Å². The Kier molecular flexibility index (Phi) is 8.08. The molecule has 0 bridgehead atoms. The van der Waals surface area contributed by atoms with Crippen molar-refractivity contribution in [1.82, 2.24) is 20.2 Å². The van der Waals surface area contributed by atoms with Gasteiger partial charge in [-0.1, -0.05) is 38.2 Å². The summed E-state index contributed by atoms with van der Waals surface area (Å²) < 4.78 is 26.3. The van der Waals surface area contributed by atoms with Gasteiger partial charge in [-0.15, -0.1) is 5.10 Å². The average molecular weight is 508 g/mol. The predicted octanol–water partition coefficient (Wildman–Crippen LogP) is 5.49. The predicted molar refractivity (Wildman–Crippen MR) is 138 cm³/mol. The third-order valence-electron chi connectivity index (χ3n) is 7.36. The van der Waals surface area contributed by atoms with Gasteiger partial charge < -0.3 is 14.8 Å². The van der Waals surface area contributed by atoms with Gasteiger partial charge in [-0.3, -0.25) is 9.89 Å². The number of H-pyrrole nitrogens is 1. The Bertz CT molecular complexity index is 1220. The third kappa shape index (κ3) is 6.52. The van der Waals surface area contributed by atoms with E-state index in [0.717, 1.165) is 50.1 Å². The molecule has 2 fully saturated rings. The molecule has 1 saturated carbocycles. The maximum absolute atomic E-state index is 14.9. The Morgan fingerprint density at radius 3 is 2.73 bits per heavy atom. The molecule has 8 nitrogen and oxygen atoms in total. The monoisotopic (exact) mass is 507 g/mol. The maximum atomic E-state index is 14.9. The van der Waals surface area contributed by atoms with Gasteiger partial charge in [0.15, 0.2) is 0 Å². The zero-order valence-electron chi connectivity index (χ0n) is 21.3. The van der Waals surface area contributed by atoms with Crippen molar-refractivity contribution in [3.63, 3.8) is 0 Å². The number of nitrogens with zero attached hydrogens (tertiary/aromatic N) is 3. The van der Waals surface area contributed by atoms with Crippen molar-refractivity contribution in [2.24, 2.45) is 11.8 Å².